The highest BCUT2D eigenvalue weighted by Gasteiger charge is 2.16. The molecular weight excluding hydrogens is 346 g/mol. The zero-order chi connectivity index (χ0) is 19.9. The fourth-order valence-corrected chi connectivity index (χ4v) is 3.67. The third-order valence-electron chi connectivity index (χ3n) is 5.35. The highest BCUT2D eigenvalue weighted by Crippen LogP contribution is 2.28. The van der Waals surface area contributed by atoms with Gasteiger partial charge in [-0.3, -0.25) is 4.98 Å². The van der Waals surface area contributed by atoms with Crippen molar-refractivity contribution >= 4 is 27.6 Å². The SMILES string of the molecule is Cc1cc(C(C)(C)O)ccc1CCc1cnc2c(N)nc3ccccc3c2c1. The molecule has 2 heterocycles. The Bertz CT molecular complexity index is 1180. The van der Waals surface area contributed by atoms with Crippen molar-refractivity contribution in [3.8, 4) is 0 Å². The van der Waals surface area contributed by atoms with Crippen LogP contribution in [0.25, 0.3) is 21.8 Å². The van der Waals surface area contributed by atoms with Crippen LogP contribution in [0.1, 0.15) is 36.1 Å². The predicted octanol–water partition coefficient (Wildman–Crippen LogP) is 4.69. The molecule has 0 saturated carbocycles. The van der Waals surface area contributed by atoms with Crippen molar-refractivity contribution in [1.82, 2.24) is 9.97 Å². The van der Waals surface area contributed by atoms with Crippen LogP contribution in [0.15, 0.2) is 54.7 Å². The molecule has 0 amide bonds. The van der Waals surface area contributed by atoms with Gasteiger partial charge >= 0.3 is 0 Å². The van der Waals surface area contributed by atoms with Crippen molar-refractivity contribution in [2.24, 2.45) is 0 Å². The van der Waals surface area contributed by atoms with E-state index in [1.165, 1.54) is 16.7 Å². The van der Waals surface area contributed by atoms with E-state index < -0.39 is 5.60 Å². The number of aromatic nitrogens is 2. The molecule has 2 aromatic carbocycles. The van der Waals surface area contributed by atoms with Gasteiger partial charge in [-0.15, -0.1) is 0 Å². The molecule has 0 atom stereocenters. The minimum Gasteiger partial charge on any atom is -0.386 e. The van der Waals surface area contributed by atoms with Gasteiger partial charge in [0, 0.05) is 17.0 Å². The summed E-state index contributed by atoms with van der Waals surface area (Å²) in [6, 6.07) is 16.4. The number of pyridine rings is 2. The quantitative estimate of drug-likeness (QED) is 0.511. The first-order valence-corrected chi connectivity index (χ1v) is 9.58. The number of anilines is 1. The molecule has 0 fully saturated rings. The van der Waals surface area contributed by atoms with Gasteiger partial charge in [0.25, 0.3) is 0 Å². The summed E-state index contributed by atoms with van der Waals surface area (Å²) < 4.78 is 0. The standard InChI is InChI=1S/C24H25N3O/c1-15-12-18(24(2,3)28)11-10-17(15)9-8-16-13-20-19-6-4-5-7-21(19)27-23(25)22(20)26-14-16/h4-7,10-14,28H,8-9H2,1-3H3,(H2,25,27). The highest BCUT2D eigenvalue weighted by atomic mass is 16.3. The van der Waals surface area contributed by atoms with Crippen LogP contribution in [-0.2, 0) is 18.4 Å². The summed E-state index contributed by atoms with van der Waals surface area (Å²) in [6.07, 6.45) is 3.71. The molecule has 2 aromatic heterocycles. The van der Waals surface area contributed by atoms with Crippen molar-refractivity contribution in [3.05, 3.63) is 77.0 Å². The molecule has 4 aromatic rings. The first-order chi connectivity index (χ1) is 13.3. The van der Waals surface area contributed by atoms with Gasteiger partial charge in [-0.05, 0) is 68.0 Å². The second-order valence-corrected chi connectivity index (χ2v) is 7.95. The van der Waals surface area contributed by atoms with Gasteiger partial charge in [0.15, 0.2) is 5.82 Å². The van der Waals surface area contributed by atoms with Crippen molar-refractivity contribution in [1.29, 1.82) is 0 Å². The molecule has 0 radical (unpaired) electrons. The number of aryl methyl sites for hydroxylation is 3. The first-order valence-electron chi connectivity index (χ1n) is 9.58. The molecule has 0 unspecified atom stereocenters. The zero-order valence-electron chi connectivity index (χ0n) is 16.5. The van der Waals surface area contributed by atoms with Gasteiger partial charge in [-0.1, -0.05) is 36.4 Å². The molecule has 4 heteroatoms. The van der Waals surface area contributed by atoms with Gasteiger partial charge < -0.3 is 10.8 Å². The van der Waals surface area contributed by atoms with E-state index in [4.69, 9.17) is 5.73 Å². The van der Waals surface area contributed by atoms with E-state index in [1.807, 2.05) is 44.3 Å². The Morgan fingerprint density at radius 2 is 1.79 bits per heavy atom. The number of benzene rings is 2. The van der Waals surface area contributed by atoms with Crippen LogP contribution < -0.4 is 5.73 Å². The number of para-hydroxylation sites is 1. The average Bonchev–Trinajstić information content (AvgIpc) is 2.66. The molecule has 3 N–H and O–H groups in total. The minimum atomic E-state index is -0.819. The van der Waals surface area contributed by atoms with E-state index in [0.29, 0.717) is 5.82 Å². The number of nitrogens with two attached hydrogens (primary N) is 1. The number of rotatable bonds is 4. The molecule has 0 aliphatic carbocycles. The van der Waals surface area contributed by atoms with Crippen molar-refractivity contribution in [2.45, 2.75) is 39.2 Å². The molecule has 0 aliphatic rings. The minimum absolute atomic E-state index is 0.471. The van der Waals surface area contributed by atoms with Crippen LogP contribution in [0, 0.1) is 6.92 Å². The van der Waals surface area contributed by atoms with Gasteiger partial charge in [-0.2, -0.15) is 0 Å². The lowest BCUT2D eigenvalue weighted by Crippen LogP contribution is -2.15. The molecule has 4 nitrogen and oxygen atoms in total. The van der Waals surface area contributed by atoms with Crippen molar-refractivity contribution in [3.63, 3.8) is 0 Å². The topological polar surface area (TPSA) is 72.0 Å². The van der Waals surface area contributed by atoms with E-state index in [0.717, 1.165) is 40.2 Å². The molecule has 4 rings (SSSR count). The summed E-state index contributed by atoms with van der Waals surface area (Å²) in [6.45, 7) is 5.73. The molecule has 0 spiro atoms. The average molecular weight is 371 g/mol. The summed E-state index contributed by atoms with van der Waals surface area (Å²) in [5.74, 6) is 0.471. The maximum absolute atomic E-state index is 10.2. The highest BCUT2D eigenvalue weighted by molar-refractivity contribution is 6.08. The number of hydrogen-bond acceptors (Lipinski definition) is 4. The zero-order valence-corrected chi connectivity index (χ0v) is 16.5. The molecular formula is C24H25N3O. The molecule has 0 saturated heterocycles. The maximum atomic E-state index is 10.2. The number of aliphatic hydroxyl groups is 1. The summed E-state index contributed by atoms with van der Waals surface area (Å²) in [7, 11) is 0. The lowest BCUT2D eigenvalue weighted by Gasteiger charge is -2.19. The Morgan fingerprint density at radius 1 is 1.00 bits per heavy atom. The third kappa shape index (κ3) is 3.43. The lowest BCUT2D eigenvalue weighted by molar-refractivity contribution is 0.0785. The lowest BCUT2D eigenvalue weighted by atomic mass is 9.92. The van der Waals surface area contributed by atoms with Crippen molar-refractivity contribution in [2.75, 3.05) is 5.73 Å². The Kier molecular flexibility index (Phi) is 4.52. The summed E-state index contributed by atoms with van der Waals surface area (Å²) >= 11 is 0. The van der Waals surface area contributed by atoms with Crippen LogP contribution in [0.4, 0.5) is 5.82 Å². The van der Waals surface area contributed by atoms with Crippen LogP contribution in [0.3, 0.4) is 0 Å². The Hall–Kier alpha value is -2.98. The van der Waals surface area contributed by atoms with Gasteiger partial charge in [0.05, 0.1) is 11.1 Å². The number of fused-ring (bicyclic) bond motifs is 3. The van der Waals surface area contributed by atoms with Gasteiger partial charge in [-0.25, -0.2) is 4.98 Å². The van der Waals surface area contributed by atoms with Crippen LogP contribution >= 0.6 is 0 Å². The molecule has 0 aliphatic heterocycles. The van der Waals surface area contributed by atoms with E-state index in [9.17, 15) is 5.11 Å². The first kappa shape index (κ1) is 18.4. The van der Waals surface area contributed by atoms with E-state index in [2.05, 4.69) is 41.2 Å². The van der Waals surface area contributed by atoms with Crippen LogP contribution in [-0.4, -0.2) is 15.1 Å². The summed E-state index contributed by atoms with van der Waals surface area (Å²) in [5, 5.41) is 12.3. The number of hydrogen-bond donors (Lipinski definition) is 2. The van der Waals surface area contributed by atoms with Crippen LogP contribution in [0.2, 0.25) is 0 Å². The van der Waals surface area contributed by atoms with Crippen molar-refractivity contribution < 1.29 is 5.11 Å². The predicted molar refractivity (Wildman–Crippen MR) is 115 cm³/mol. The number of nitrogen functional groups attached to an aromatic ring is 1. The van der Waals surface area contributed by atoms with E-state index in [1.54, 1.807) is 0 Å². The monoisotopic (exact) mass is 371 g/mol. The normalized spacial score (nSPS) is 12.0. The summed E-state index contributed by atoms with van der Waals surface area (Å²) in [5.41, 5.74) is 11.5. The van der Waals surface area contributed by atoms with Gasteiger partial charge in [0.1, 0.15) is 5.52 Å². The Balaban J connectivity index is 1.65. The maximum Gasteiger partial charge on any atom is 0.150 e. The molecule has 142 valence electrons. The fourth-order valence-electron chi connectivity index (χ4n) is 3.67. The van der Waals surface area contributed by atoms with Crippen LogP contribution in [0.5, 0.6) is 0 Å². The van der Waals surface area contributed by atoms with Gasteiger partial charge in [0.2, 0.25) is 0 Å². The Labute approximate surface area is 165 Å². The van der Waals surface area contributed by atoms with E-state index in [-0.39, 0.29) is 0 Å². The smallest absolute Gasteiger partial charge is 0.150 e. The second kappa shape index (κ2) is 6.88. The second-order valence-electron chi connectivity index (χ2n) is 7.95. The molecule has 28 heavy (non-hydrogen) atoms. The third-order valence-corrected chi connectivity index (χ3v) is 5.35. The van der Waals surface area contributed by atoms with E-state index >= 15 is 0 Å². The largest absolute Gasteiger partial charge is 0.386 e. The number of nitrogens with zero attached hydrogens (tertiary/aromatic N) is 2. The summed E-state index contributed by atoms with van der Waals surface area (Å²) in [4.78, 5) is 9.05. The fraction of sp³-hybridized carbons (Fsp3) is 0.250. The Morgan fingerprint density at radius 3 is 2.54 bits per heavy atom. The molecule has 0 bridgehead atoms.